The van der Waals surface area contributed by atoms with E-state index in [9.17, 15) is 19.8 Å². The van der Waals surface area contributed by atoms with E-state index in [4.69, 9.17) is 10.5 Å². The molecule has 6 N–H and O–H groups in total. The molecule has 3 aromatic rings. The van der Waals surface area contributed by atoms with E-state index < -0.39 is 24.5 Å². The predicted molar refractivity (Wildman–Crippen MR) is 147 cm³/mol. The van der Waals surface area contributed by atoms with E-state index in [0.29, 0.717) is 42.0 Å². The number of carbonyl (C=O) groups excluding carboxylic acids is 2. The molecule has 0 aliphatic carbocycles. The summed E-state index contributed by atoms with van der Waals surface area (Å²) < 4.78 is 7.58. The molecule has 4 rings (SSSR count). The molecule has 4 atom stereocenters. The zero-order valence-corrected chi connectivity index (χ0v) is 22.7. The molecule has 0 bridgehead atoms. The second kappa shape index (κ2) is 11.6. The van der Waals surface area contributed by atoms with Gasteiger partial charge in [0.05, 0.1) is 5.39 Å². The summed E-state index contributed by atoms with van der Waals surface area (Å²) in [5, 5.41) is 27.6. The Labute approximate surface area is 227 Å². The number of benzene rings is 1. The van der Waals surface area contributed by atoms with Crippen LogP contribution in [0.2, 0.25) is 0 Å². The summed E-state index contributed by atoms with van der Waals surface area (Å²) in [7, 11) is 0. The van der Waals surface area contributed by atoms with E-state index in [0.717, 1.165) is 0 Å². The third-order valence-corrected chi connectivity index (χ3v) is 6.90. The third kappa shape index (κ3) is 6.47. The van der Waals surface area contributed by atoms with E-state index >= 15 is 0 Å². The molecule has 39 heavy (non-hydrogen) atoms. The van der Waals surface area contributed by atoms with Gasteiger partial charge in [-0.05, 0) is 35.6 Å². The largest absolute Gasteiger partial charge is 0.387 e. The van der Waals surface area contributed by atoms with Crippen molar-refractivity contribution in [2.75, 3.05) is 30.7 Å². The van der Waals surface area contributed by atoms with Crippen LogP contribution in [0.1, 0.15) is 45.9 Å². The number of hydrogen-bond acceptors (Lipinski definition) is 8. The number of fused-ring (bicyclic) bond motifs is 1. The van der Waals surface area contributed by atoms with Crippen molar-refractivity contribution in [1.29, 1.82) is 0 Å². The monoisotopic (exact) mass is 539 g/mol. The lowest BCUT2D eigenvalue weighted by molar-refractivity contribution is -0.132. The molecule has 0 saturated carbocycles. The molecule has 1 aliphatic rings. The van der Waals surface area contributed by atoms with Crippen LogP contribution in [0.3, 0.4) is 0 Å². The lowest BCUT2D eigenvalue weighted by atomic mass is 9.87. The number of carbonyl (C=O) groups is 2. The number of amides is 3. The van der Waals surface area contributed by atoms with Crippen LogP contribution in [0, 0.1) is 0 Å². The lowest BCUT2D eigenvalue weighted by Crippen LogP contribution is -2.43. The zero-order chi connectivity index (χ0) is 28.3. The Bertz CT molecular complexity index is 1300. The highest BCUT2D eigenvalue weighted by molar-refractivity contribution is 5.89. The Morgan fingerprint density at radius 3 is 2.51 bits per heavy atom. The Morgan fingerprint density at radius 1 is 1.13 bits per heavy atom. The Morgan fingerprint density at radius 2 is 1.85 bits per heavy atom. The zero-order valence-electron chi connectivity index (χ0n) is 22.7. The number of aliphatic hydroxyl groups is 2. The first-order valence-electron chi connectivity index (χ1n) is 12.9. The molecular weight excluding hydrogens is 502 g/mol. The summed E-state index contributed by atoms with van der Waals surface area (Å²) >= 11 is 0. The van der Waals surface area contributed by atoms with Gasteiger partial charge in [-0.2, -0.15) is 0 Å². The Hall–Kier alpha value is -3.74. The average molecular weight is 540 g/mol. The number of urea groups is 1. The van der Waals surface area contributed by atoms with Crippen molar-refractivity contribution in [3.63, 3.8) is 0 Å². The molecular formula is C27H37N7O5. The first-order chi connectivity index (χ1) is 18.5. The van der Waals surface area contributed by atoms with Crippen LogP contribution < -0.4 is 16.4 Å². The fourth-order valence-corrected chi connectivity index (χ4v) is 4.60. The molecule has 12 heteroatoms. The van der Waals surface area contributed by atoms with Crippen molar-refractivity contribution in [2.45, 2.75) is 64.1 Å². The van der Waals surface area contributed by atoms with Crippen LogP contribution in [0.25, 0.3) is 11.0 Å². The van der Waals surface area contributed by atoms with Gasteiger partial charge >= 0.3 is 6.03 Å². The quantitative estimate of drug-likeness (QED) is 0.271. The number of ether oxygens (including phenoxy) is 1. The molecule has 12 nitrogen and oxygen atoms in total. The molecule has 3 amide bonds. The van der Waals surface area contributed by atoms with Crippen molar-refractivity contribution >= 4 is 34.5 Å². The highest BCUT2D eigenvalue weighted by atomic mass is 16.6. The summed E-state index contributed by atoms with van der Waals surface area (Å²) in [5.41, 5.74) is 8.26. The molecule has 2 aromatic heterocycles. The molecule has 1 fully saturated rings. The van der Waals surface area contributed by atoms with Crippen LogP contribution in [-0.2, 0) is 14.9 Å². The fraction of sp³-hybridized carbons (Fsp3) is 0.481. The lowest BCUT2D eigenvalue weighted by Gasteiger charge is -2.26. The first-order valence-corrected chi connectivity index (χ1v) is 12.9. The number of hydrogen-bond donors (Lipinski definition) is 5. The summed E-state index contributed by atoms with van der Waals surface area (Å²) in [4.78, 5) is 34.3. The van der Waals surface area contributed by atoms with Crippen molar-refractivity contribution in [1.82, 2.24) is 24.8 Å². The molecule has 210 valence electrons. The second-order valence-corrected chi connectivity index (χ2v) is 10.8. The van der Waals surface area contributed by atoms with Crippen molar-refractivity contribution in [2.24, 2.45) is 0 Å². The predicted octanol–water partition coefficient (Wildman–Crippen LogP) is 1.99. The van der Waals surface area contributed by atoms with Gasteiger partial charge in [-0.1, -0.05) is 32.9 Å². The summed E-state index contributed by atoms with van der Waals surface area (Å²) in [6.07, 6.45) is -0.718. The van der Waals surface area contributed by atoms with Crippen LogP contribution in [0.4, 0.5) is 16.3 Å². The SMILES string of the molecule is CC(=O)N(CCCNC(=O)Nc1ccc(C(C)(C)C)cc1)C[C@@H]1O[C@H](n2ccc3c(N)ncnc32)[C@@H](O)[C@H]1O. The van der Waals surface area contributed by atoms with Gasteiger partial charge in [0.15, 0.2) is 6.23 Å². The maximum atomic E-state index is 12.3. The molecule has 1 saturated heterocycles. The Balaban J connectivity index is 1.28. The molecule has 1 aromatic carbocycles. The van der Waals surface area contributed by atoms with Gasteiger partial charge in [-0.25, -0.2) is 14.8 Å². The number of anilines is 2. The molecule has 0 unspecified atom stereocenters. The Kier molecular flexibility index (Phi) is 8.38. The standard InChI is InChI=1S/C27H37N7O5/c1-16(35)33(12-5-11-29-26(38)32-18-8-6-17(7-9-18)27(2,3)4)14-20-21(36)22(37)25(39-20)34-13-10-19-23(28)30-15-31-24(19)34/h6-10,13,15,20-22,25,36-37H,5,11-12,14H2,1-4H3,(H2,28,30,31)(H2,29,32,38)/t20-,21-,22-,25-/m0/s1. The van der Waals surface area contributed by atoms with Gasteiger partial charge in [0.2, 0.25) is 5.91 Å². The number of nitrogens with zero attached hydrogens (tertiary/aromatic N) is 4. The summed E-state index contributed by atoms with van der Waals surface area (Å²) in [6, 6.07) is 9.09. The maximum absolute atomic E-state index is 12.3. The molecule has 3 heterocycles. The van der Waals surface area contributed by atoms with E-state index in [2.05, 4.69) is 41.4 Å². The molecule has 0 spiro atoms. The third-order valence-electron chi connectivity index (χ3n) is 6.90. The van der Waals surface area contributed by atoms with Crippen LogP contribution in [-0.4, -0.2) is 79.5 Å². The molecule has 0 radical (unpaired) electrons. The maximum Gasteiger partial charge on any atom is 0.319 e. The number of aliphatic hydroxyl groups excluding tert-OH is 2. The number of nitrogen functional groups attached to an aromatic ring is 1. The van der Waals surface area contributed by atoms with Gasteiger partial charge in [0.1, 0.15) is 36.1 Å². The van der Waals surface area contributed by atoms with Crippen LogP contribution in [0.5, 0.6) is 0 Å². The van der Waals surface area contributed by atoms with Gasteiger partial charge in [-0.15, -0.1) is 0 Å². The normalized spacial score (nSPS) is 21.2. The molecule has 1 aliphatic heterocycles. The topological polar surface area (TPSA) is 168 Å². The highest BCUT2D eigenvalue weighted by Gasteiger charge is 2.45. The summed E-state index contributed by atoms with van der Waals surface area (Å²) in [5.74, 6) is 0.0888. The number of aromatic nitrogens is 3. The van der Waals surface area contributed by atoms with E-state index in [1.54, 1.807) is 16.8 Å². The second-order valence-electron chi connectivity index (χ2n) is 10.8. The van der Waals surface area contributed by atoms with Crippen molar-refractivity contribution in [3.05, 3.63) is 48.4 Å². The fourth-order valence-electron chi connectivity index (χ4n) is 4.60. The minimum absolute atomic E-state index is 0.0298. The first kappa shape index (κ1) is 28.3. The van der Waals surface area contributed by atoms with Gasteiger partial charge in [0.25, 0.3) is 0 Å². The minimum atomic E-state index is -1.24. The van der Waals surface area contributed by atoms with E-state index in [1.165, 1.54) is 23.7 Å². The number of nitrogens with two attached hydrogens (primary N) is 1. The smallest absolute Gasteiger partial charge is 0.319 e. The summed E-state index contributed by atoms with van der Waals surface area (Å²) in [6.45, 7) is 8.56. The van der Waals surface area contributed by atoms with Crippen LogP contribution in [0.15, 0.2) is 42.9 Å². The van der Waals surface area contributed by atoms with Crippen molar-refractivity contribution in [3.8, 4) is 0 Å². The van der Waals surface area contributed by atoms with Gasteiger partial charge in [0, 0.05) is 38.4 Å². The van der Waals surface area contributed by atoms with E-state index in [-0.39, 0.29) is 23.9 Å². The van der Waals surface area contributed by atoms with Crippen LogP contribution >= 0.6 is 0 Å². The van der Waals surface area contributed by atoms with Gasteiger partial charge < -0.3 is 40.8 Å². The minimum Gasteiger partial charge on any atom is -0.387 e. The highest BCUT2D eigenvalue weighted by Crippen LogP contribution is 2.33. The van der Waals surface area contributed by atoms with Crippen molar-refractivity contribution < 1.29 is 24.5 Å². The van der Waals surface area contributed by atoms with E-state index in [1.807, 2.05) is 24.3 Å². The number of rotatable bonds is 8. The average Bonchev–Trinajstić information content (AvgIpc) is 3.42. The number of nitrogens with one attached hydrogen (secondary N) is 2. The van der Waals surface area contributed by atoms with Gasteiger partial charge in [-0.3, -0.25) is 4.79 Å².